The van der Waals surface area contributed by atoms with Crippen molar-refractivity contribution in [2.45, 2.75) is 61.4 Å². The summed E-state index contributed by atoms with van der Waals surface area (Å²) in [4.78, 5) is 12.8. The lowest BCUT2D eigenvalue weighted by Crippen LogP contribution is -2.62. The second-order valence-corrected chi connectivity index (χ2v) is 10.1. The summed E-state index contributed by atoms with van der Waals surface area (Å²) in [5.74, 6) is -2.03. The highest BCUT2D eigenvalue weighted by atomic mass is 16.7. The Hall–Kier alpha value is -3.55. The van der Waals surface area contributed by atoms with Gasteiger partial charge in [0.25, 0.3) is 0 Å². The van der Waals surface area contributed by atoms with Crippen LogP contribution in [0.4, 0.5) is 0 Å². The predicted molar refractivity (Wildman–Crippen MR) is 140 cm³/mol. The van der Waals surface area contributed by atoms with Crippen molar-refractivity contribution in [3.05, 3.63) is 46.6 Å². The molecule has 43 heavy (non-hydrogen) atoms. The summed E-state index contributed by atoms with van der Waals surface area (Å²) in [5.41, 5.74) is -0.981. The van der Waals surface area contributed by atoms with Crippen LogP contribution in [0.5, 0.6) is 23.0 Å². The van der Waals surface area contributed by atoms with Crippen molar-refractivity contribution in [2.24, 2.45) is 0 Å². The number of rotatable bonds is 7. The van der Waals surface area contributed by atoms with Crippen molar-refractivity contribution >= 4 is 11.0 Å². The summed E-state index contributed by atoms with van der Waals surface area (Å²) in [6.07, 6.45) is -16.5. The van der Waals surface area contributed by atoms with E-state index in [1.165, 1.54) is 24.3 Å². The van der Waals surface area contributed by atoms with Gasteiger partial charge in [-0.2, -0.15) is 0 Å². The van der Waals surface area contributed by atoms with Crippen molar-refractivity contribution in [2.75, 3.05) is 13.2 Å². The standard InChI is InChI=1S/C27H30O16/c28-7-14-17(31)20(34)23(37)26(42-14)39-8-15-18(32)21(35)24(38)27(43-15)40-11-5-12(30)16-13(6-11)41-25(22(36)19(16)33)9-1-3-10(29)4-2-9/h1-6,14-15,17-18,20-21,23-24,26-32,34-38H,7-8H2/t14-,15-,17-,18-,20+,21+,23-,24-,26?,27?/m1/s1. The van der Waals surface area contributed by atoms with Crippen molar-refractivity contribution < 1.29 is 74.4 Å². The quantitative estimate of drug-likeness (QED) is 0.133. The van der Waals surface area contributed by atoms with Gasteiger partial charge in [0.2, 0.25) is 17.5 Å². The van der Waals surface area contributed by atoms with Gasteiger partial charge in [-0.05, 0) is 24.3 Å². The number of aromatic hydroxyl groups is 3. The fraction of sp³-hybridized carbons (Fsp3) is 0.444. The Kier molecular flexibility index (Phi) is 8.77. The largest absolute Gasteiger partial charge is 0.508 e. The second kappa shape index (κ2) is 12.2. The summed E-state index contributed by atoms with van der Waals surface area (Å²) < 4.78 is 27.5. The minimum atomic E-state index is -1.84. The molecule has 16 heteroatoms. The number of benzene rings is 2. The van der Waals surface area contributed by atoms with Crippen LogP contribution in [0, 0.1) is 0 Å². The molecule has 2 aliphatic rings. The van der Waals surface area contributed by atoms with E-state index in [2.05, 4.69) is 0 Å². The van der Waals surface area contributed by atoms with E-state index in [0.29, 0.717) is 0 Å². The maximum Gasteiger partial charge on any atom is 0.238 e. The number of hydrogen-bond acceptors (Lipinski definition) is 16. The van der Waals surface area contributed by atoms with Gasteiger partial charge in [-0.25, -0.2) is 0 Å². The van der Waals surface area contributed by atoms with Crippen LogP contribution in [0.3, 0.4) is 0 Å². The maximum atomic E-state index is 12.8. The van der Waals surface area contributed by atoms with Crippen molar-refractivity contribution in [1.82, 2.24) is 0 Å². The normalized spacial score (nSPS) is 33.0. The first kappa shape index (κ1) is 30.9. The van der Waals surface area contributed by atoms with Crippen LogP contribution in [0.2, 0.25) is 0 Å². The van der Waals surface area contributed by atoms with Gasteiger partial charge in [-0.3, -0.25) is 4.79 Å². The minimum absolute atomic E-state index is 0.0741. The third-order valence-electron chi connectivity index (χ3n) is 7.25. The minimum Gasteiger partial charge on any atom is -0.508 e. The molecule has 0 saturated carbocycles. The van der Waals surface area contributed by atoms with Gasteiger partial charge < -0.3 is 74.4 Å². The molecule has 3 aromatic rings. The van der Waals surface area contributed by atoms with E-state index in [1.807, 2.05) is 0 Å². The zero-order chi connectivity index (χ0) is 31.2. The summed E-state index contributed by atoms with van der Waals surface area (Å²) >= 11 is 0. The fourth-order valence-corrected chi connectivity index (χ4v) is 4.82. The number of aliphatic hydroxyl groups excluding tert-OH is 7. The molecule has 10 N–H and O–H groups in total. The molecule has 5 rings (SSSR count). The fourth-order valence-electron chi connectivity index (χ4n) is 4.82. The lowest BCUT2D eigenvalue weighted by molar-refractivity contribution is -0.323. The van der Waals surface area contributed by atoms with E-state index >= 15 is 0 Å². The number of phenols is 2. The molecular weight excluding hydrogens is 580 g/mol. The van der Waals surface area contributed by atoms with Crippen molar-refractivity contribution in [3.8, 4) is 34.3 Å². The topological polar surface area (TPSA) is 269 Å². The molecule has 2 aromatic carbocycles. The summed E-state index contributed by atoms with van der Waals surface area (Å²) in [6, 6.07) is 7.47. The molecule has 10 atom stereocenters. The number of ether oxygens (including phenoxy) is 4. The zero-order valence-electron chi connectivity index (χ0n) is 22.1. The Morgan fingerprint density at radius 3 is 2.00 bits per heavy atom. The molecule has 0 spiro atoms. The lowest BCUT2D eigenvalue weighted by atomic mass is 9.98. The molecule has 2 fully saturated rings. The molecule has 234 valence electrons. The molecule has 0 radical (unpaired) electrons. The van der Waals surface area contributed by atoms with Crippen LogP contribution in [0.1, 0.15) is 0 Å². The van der Waals surface area contributed by atoms with Crippen LogP contribution in [-0.2, 0) is 14.2 Å². The van der Waals surface area contributed by atoms with Gasteiger partial charge >= 0.3 is 0 Å². The highest BCUT2D eigenvalue weighted by Gasteiger charge is 2.48. The number of fused-ring (bicyclic) bond motifs is 1. The third-order valence-corrected chi connectivity index (χ3v) is 7.25. The van der Waals surface area contributed by atoms with Gasteiger partial charge in [-0.15, -0.1) is 0 Å². The molecule has 0 amide bonds. The van der Waals surface area contributed by atoms with E-state index in [-0.39, 0.29) is 28.4 Å². The maximum absolute atomic E-state index is 12.8. The molecule has 2 aliphatic heterocycles. The Bertz CT molecular complexity index is 1490. The van der Waals surface area contributed by atoms with E-state index < -0.39 is 96.9 Å². The Morgan fingerprint density at radius 1 is 0.744 bits per heavy atom. The first-order valence-corrected chi connectivity index (χ1v) is 13.0. The van der Waals surface area contributed by atoms with Crippen LogP contribution in [0.15, 0.2) is 45.6 Å². The van der Waals surface area contributed by atoms with Gasteiger partial charge in [0, 0.05) is 17.7 Å². The zero-order valence-corrected chi connectivity index (χ0v) is 22.1. The van der Waals surface area contributed by atoms with E-state index in [1.54, 1.807) is 0 Å². The molecule has 0 bridgehead atoms. The summed E-state index contributed by atoms with van der Waals surface area (Å²) in [6.45, 7) is -1.30. The molecule has 3 heterocycles. The first-order valence-electron chi connectivity index (χ1n) is 13.0. The number of aliphatic hydroxyl groups is 7. The molecular formula is C27H30O16. The average molecular weight is 611 g/mol. The first-order chi connectivity index (χ1) is 20.4. The van der Waals surface area contributed by atoms with Crippen LogP contribution in [-0.4, -0.2) is 126 Å². The lowest BCUT2D eigenvalue weighted by Gasteiger charge is -2.42. The van der Waals surface area contributed by atoms with Crippen molar-refractivity contribution in [1.29, 1.82) is 0 Å². The molecule has 2 unspecified atom stereocenters. The number of phenolic OH excluding ortho intramolecular Hbond substituents is 2. The van der Waals surface area contributed by atoms with Gasteiger partial charge in [0.1, 0.15) is 77.0 Å². The molecule has 0 aliphatic carbocycles. The van der Waals surface area contributed by atoms with Gasteiger partial charge in [0.15, 0.2) is 12.1 Å². The second-order valence-electron chi connectivity index (χ2n) is 10.1. The van der Waals surface area contributed by atoms with E-state index in [0.717, 1.165) is 12.1 Å². The third kappa shape index (κ3) is 5.85. The Labute approximate surface area is 241 Å². The van der Waals surface area contributed by atoms with Crippen molar-refractivity contribution in [3.63, 3.8) is 0 Å². The van der Waals surface area contributed by atoms with E-state index in [9.17, 15) is 55.9 Å². The smallest absolute Gasteiger partial charge is 0.238 e. The molecule has 1 aromatic heterocycles. The predicted octanol–water partition coefficient (Wildman–Crippen LogP) is -2.42. The Morgan fingerprint density at radius 2 is 1.35 bits per heavy atom. The summed E-state index contributed by atoms with van der Waals surface area (Å²) in [7, 11) is 0. The van der Waals surface area contributed by atoms with Gasteiger partial charge in [0.05, 0.1) is 13.2 Å². The highest BCUT2D eigenvalue weighted by molar-refractivity contribution is 5.88. The monoisotopic (exact) mass is 610 g/mol. The van der Waals surface area contributed by atoms with Gasteiger partial charge in [-0.1, -0.05) is 0 Å². The summed E-state index contributed by atoms with van der Waals surface area (Å²) in [5, 5.41) is 101. The average Bonchev–Trinajstić information content (AvgIpc) is 2.98. The van der Waals surface area contributed by atoms with Crippen LogP contribution in [0.25, 0.3) is 22.3 Å². The SMILES string of the molecule is O=c1c(O)c(-c2ccc(O)cc2)oc2cc(OC3O[C@H](COC4O[C@H](CO)[C@@H](O)[C@H](O)[C@H]4O)[C@@H](O)[C@H](O)[C@H]3O)cc(O)c12. The van der Waals surface area contributed by atoms with Crippen LogP contribution < -0.4 is 10.2 Å². The van der Waals surface area contributed by atoms with E-state index in [4.69, 9.17) is 23.4 Å². The highest BCUT2D eigenvalue weighted by Crippen LogP contribution is 2.37. The molecule has 16 nitrogen and oxygen atoms in total. The van der Waals surface area contributed by atoms with Crippen LogP contribution >= 0.6 is 0 Å². The number of hydrogen-bond donors (Lipinski definition) is 10. The Balaban J connectivity index is 1.37. The molecule has 2 saturated heterocycles.